The van der Waals surface area contributed by atoms with Gasteiger partial charge in [-0.2, -0.15) is 0 Å². The van der Waals surface area contributed by atoms with Crippen LogP contribution in [0.25, 0.3) is 6.08 Å². The van der Waals surface area contributed by atoms with Crippen LogP contribution in [0.5, 0.6) is 11.5 Å². The first-order chi connectivity index (χ1) is 13.6. The molecule has 0 aliphatic carbocycles. The van der Waals surface area contributed by atoms with Crippen molar-refractivity contribution in [1.29, 1.82) is 0 Å². The van der Waals surface area contributed by atoms with Gasteiger partial charge in [0.25, 0.3) is 5.91 Å². The maximum atomic E-state index is 12.6. The normalized spacial score (nSPS) is 18.1. The molecule has 0 saturated carbocycles. The zero-order valence-electron chi connectivity index (χ0n) is 16.8. The van der Waals surface area contributed by atoms with Gasteiger partial charge in [0, 0.05) is 18.7 Å². The molecular formula is C20H27NO7S. The molecule has 1 fully saturated rings. The summed E-state index contributed by atoms with van der Waals surface area (Å²) in [5, 5.41) is 9.57. The van der Waals surface area contributed by atoms with E-state index in [0.717, 1.165) is 0 Å². The van der Waals surface area contributed by atoms with E-state index in [0.29, 0.717) is 18.5 Å². The van der Waals surface area contributed by atoms with Gasteiger partial charge in [-0.05, 0) is 36.1 Å². The minimum atomic E-state index is -3.13. The van der Waals surface area contributed by atoms with Crippen molar-refractivity contribution in [2.24, 2.45) is 5.92 Å². The van der Waals surface area contributed by atoms with Crippen LogP contribution in [0.1, 0.15) is 25.8 Å². The minimum Gasteiger partial charge on any atom is -0.504 e. The monoisotopic (exact) mass is 425 g/mol. The van der Waals surface area contributed by atoms with Gasteiger partial charge in [0.15, 0.2) is 27.9 Å². The molecule has 0 bridgehead atoms. The highest BCUT2D eigenvalue weighted by Gasteiger charge is 2.35. The van der Waals surface area contributed by atoms with Gasteiger partial charge in [-0.3, -0.25) is 4.79 Å². The van der Waals surface area contributed by atoms with Gasteiger partial charge < -0.3 is 19.5 Å². The molecule has 9 heteroatoms. The summed E-state index contributed by atoms with van der Waals surface area (Å²) in [5.74, 6) is -0.686. The molecular weight excluding hydrogens is 398 g/mol. The Morgan fingerprint density at radius 2 is 2.07 bits per heavy atom. The number of carbonyl (C=O) groups excluding carboxylic acids is 2. The van der Waals surface area contributed by atoms with Gasteiger partial charge in [0.05, 0.1) is 18.6 Å². The molecule has 1 atom stereocenters. The number of methoxy groups -OCH3 is 1. The lowest BCUT2D eigenvalue weighted by Gasteiger charge is -2.29. The number of hydrogen-bond donors (Lipinski definition) is 1. The first-order valence-electron chi connectivity index (χ1n) is 9.33. The zero-order valence-corrected chi connectivity index (χ0v) is 17.6. The molecule has 2 rings (SSSR count). The largest absolute Gasteiger partial charge is 0.504 e. The Balaban J connectivity index is 1.95. The van der Waals surface area contributed by atoms with Crippen LogP contribution in [0.15, 0.2) is 24.3 Å². The fourth-order valence-electron chi connectivity index (χ4n) is 3.10. The SMILES string of the molecule is COc1cc(C=CC(=O)OCC(=O)N(CC(C)C)C2CCS(=O)(=O)C2)ccc1O. The number of amides is 1. The number of phenolic OH excluding ortho intramolecular Hbond substituents is 1. The van der Waals surface area contributed by atoms with Crippen LogP contribution in [0, 0.1) is 5.92 Å². The molecule has 1 heterocycles. The maximum Gasteiger partial charge on any atom is 0.331 e. The summed E-state index contributed by atoms with van der Waals surface area (Å²) in [6.07, 6.45) is 3.05. The first-order valence-corrected chi connectivity index (χ1v) is 11.1. The van der Waals surface area contributed by atoms with E-state index in [-0.39, 0.29) is 35.0 Å². The van der Waals surface area contributed by atoms with Crippen LogP contribution >= 0.6 is 0 Å². The smallest absolute Gasteiger partial charge is 0.331 e. The fourth-order valence-corrected chi connectivity index (χ4v) is 4.83. The molecule has 29 heavy (non-hydrogen) atoms. The molecule has 1 aliphatic heterocycles. The Morgan fingerprint density at radius 1 is 1.34 bits per heavy atom. The first kappa shape index (κ1) is 22.7. The van der Waals surface area contributed by atoms with E-state index in [2.05, 4.69) is 0 Å². The van der Waals surface area contributed by atoms with Crippen molar-refractivity contribution >= 4 is 27.8 Å². The summed E-state index contributed by atoms with van der Waals surface area (Å²) in [6, 6.07) is 4.20. The van der Waals surface area contributed by atoms with Crippen LogP contribution in [-0.2, 0) is 24.2 Å². The summed E-state index contributed by atoms with van der Waals surface area (Å²) < 4.78 is 33.5. The second kappa shape index (κ2) is 9.78. The minimum absolute atomic E-state index is 0.0167. The third-order valence-corrected chi connectivity index (χ3v) is 6.24. The second-order valence-corrected chi connectivity index (χ2v) is 9.60. The molecule has 1 N–H and O–H groups in total. The van der Waals surface area contributed by atoms with E-state index in [1.807, 2.05) is 13.8 Å². The predicted octanol–water partition coefficient (Wildman–Crippen LogP) is 1.63. The van der Waals surface area contributed by atoms with Crippen molar-refractivity contribution in [2.75, 3.05) is 31.8 Å². The molecule has 8 nitrogen and oxygen atoms in total. The summed E-state index contributed by atoms with van der Waals surface area (Å²) in [4.78, 5) is 26.0. The highest BCUT2D eigenvalue weighted by molar-refractivity contribution is 7.91. The third kappa shape index (κ3) is 6.77. The number of ether oxygens (including phenoxy) is 2. The number of aromatic hydroxyl groups is 1. The van der Waals surface area contributed by atoms with Crippen molar-refractivity contribution in [2.45, 2.75) is 26.3 Å². The predicted molar refractivity (Wildman–Crippen MR) is 108 cm³/mol. The van der Waals surface area contributed by atoms with E-state index in [1.54, 1.807) is 12.1 Å². The standard InChI is InChI=1S/C20H27NO7S/c1-14(2)11-21(16-8-9-29(25,26)13-16)19(23)12-28-20(24)7-5-15-4-6-17(22)18(10-15)27-3/h4-7,10,14,16,22H,8-9,11-13H2,1-3H3. The second-order valence-electron chi connectivity index (χ2n) is 7.37. The number of nitrogens with zero attached hydrogens (tertiary/aromatic N) is 1. The lowest BCUT2D eigenvalue weighted by Crippen LogP contribution is -2.45. The van der Waals surface area contributed by atoms with Crippen LogP contribution in [0.4, 0.5) is 0 Å². The Kier molecular flexibility index (Phi) is 7.66. The van der Waals surface area contributed by atoms with E-state index < -0.39 is 28.3 Å². The van der Waals surface area contributed by atoms with Gasteiger partial charge in [0.1, 0.15) is 0 Å². The third-order valence-electron chi connectivity index (χ3n) is 4.48. The van der Waals surface area contributed by atoms with Gasteiger partial charge in [-0.15, -0.1) is 0 Å². The Hall–Kier alpha value is -2.55. The average molecular weight is 426 g/mol. The summed E-state index contributed by atoms with van der Waals surface area (Å²) in [7, 11) is -1.71. The van der Waals surface area contributed by atoms with Gasteiger partial charge in [0.2, 0.25) is 0 Å². The Bertz CT molecular complexity index is 877. The van der Waals surface area contributed by atoms with Crippen molar-refractivity contribution in [3.05, 3.63) is 29.8 Å². The number of carbonyl (C=O) groups is 2. The summed E-state index contributed by atoms with van der Waals surface area (Å²) in [6.45, 7) is 3.82. The number of sulfone groups is 1. The molecule has 1 saturated heterocycles. The van der Waals surface area contributed by atoms with Crippen LogP contribution in [0.2, 0.25) is 0 Å². The molecule has 160 valence electrons. The summed E-state index contributed by atoms with van der Waals surface area (Å²) in [5.41, 5.74) is 0.612. The molecule has 0 radical (unpaired) electrons. The van der Waals surface area contributed by atoms with Crippen molar-refractivity contribution < 1.29 is 32.6 Å². The van der Waals surface area contributed by atoms with E-state index >= 15 is 0 Å². The van der Waals surface area contributed by atoms with E-state index in [1.165, 1.54) is 30.2 Å². The zero-order chi connectivity index (χ0) is 21.6. The summed E-state index contributed by atoms with van der Waals surface area (Å²) >= 11 is 0. The molecule has 0 aromatic heterocycles. The van der Waals surface area contributed by atoms with Gasteiger partial charge in [-0.1, -0.05) is 19.9 Å². The fraction of sp³-hybridized carbons (Fsp3) is 0.500. The lowest BCUT2D eigenvalue weighted by molar-refractivity contribution is -0.149. The number of hydrogen-bond acceptors (Lipinski definition) is 7. The van der Waals surface area contributed by atoms with Crippen LogP contribution in [0.3, 0.4) is 0 Å². The van der Waals surface area contributed by atoms with Crippen LogP contribution in [-0.4, -0.2) is 68.1 Å². The highest BCUT2D eigenvalue weighted by atomic mass is 32.2. The number of esters is 1. The quantitative estimate of drug-likeness (QED) is 0.498. The molecule has 0 spiro atoms. The van der Waals surface area contributed by atoms with E-state index in [9.17, 15) is 23.1 Å². The number of benzene rings is 1. The molecule has 1 unspecified atom stereocenters. The average Bonchev–Trinajstić information content (AvgIpc) is 3.02. The van der Waals surface area contributed by atoms with Gasteiger partial charge >= 0.3 is 5.97 Å². The molecule has 1 aliphatic rings. The topological polar surface area (TPSA) is 110 Å². The Morgan fingerprint density at radius 3 is 2.66 bits per heavy atom. The molecule has 1 amide bonds. The number of phenols is 1. The van der Waals surface area contributed by atoms with Crippen molar-refractivity contribution in [3.8, 4) is 11.5 Å². The maximum absolute atomic E-state index is 12.6. The highest BCUT2D eigenvalue weighted by Crippen LogP contribution is 2.26. The molecule has 1 aromatic carbocycles. The lowest BCUT2D eigenvalue weighted by atomic mass is 10.1. The van der Waals surface area contributed by atoms with Crippen molar-refractivity contribution in [1.82, 2.24) is 4.90 Å². The number of rotatable bonds is 8. The van der Waals surface area contributed by atoms with Crippen LogP contribution < -0.4 is 4.74 Å². The van der Waals surface area contributed by atoms with Gasteiger partial charge in [-0.25, -0.2) is 13.2 Å². The van der Waals surface area contributed by atoms with Crippen molar-refractivity contribution in [3.63, 3.8) is 0 Å². The Labute approximate surface area is 171 Å². The molecule has 1 aromatic rings. The van der Waals surface area contributed by atoms with E-state index in [4.69, 9.17) is 9.47 Å².